The summed E-state index contributed by atoms with van der Waals surface area (Å²) in [6.07, 6.45) is 2.00. The van der Waals surface area contributed by atoms with Crippen molar-refractivity contribution in [3.05, 3.63) is 34.3 Å². The molecule has 96 valence electrons. The molecule has 0 unspecified atom stereocenters. The molecule has 5 heteroatoms. The zero-order valence-corrected chi connectivity index (χ0v) is 12.7. The SMILES string of the molecule is CCCNC(=S)N1CCC(c2cccc(Br)c2)=N1. The lowest BCUT2D eigenvalue weighted by molar-refractivity contribution is 0.480. The Morgan fingerprint density at radius 2 is 2.39 bits per heavy atom. The fraction of sp³-hybridized carbons (Fsp3) is 0.385. The second-order valence-corrected chi connectivity index (χ2v) is 5.46. The van der Waals surface area contributed by atoms with Crippen LogP contribution in [0.15, 0.2) is 33.8 Å². The van der Waals surface area contributed by atoms with E-state index in [0.717, 1.165) is 46.8 Å². The van der Waals surface area contributed by atoms with Gasteiger partial charge in [-0.05, 0) is 36.3 Å². The van der Waals surface area contributed by atoms with Gasteiger partial charge in [0.05, 0.1) is 5.71 Å². The minimum atomic E-state index is 0.724. The smallest absolute Gasteiger partial charge is 0.189 e. The van der Waals surface area contributed by atoms with Crippen molar-refractivity contribution in [2.24, 2.45) is 5.10 Å². The molecule has 0 aromatic heterocycles. The van der Waals surface area contributed by atoms with Crippen LogP contribution in [0.3, 0.4) is 0 Å². The van der Waals surface area contributed by atoms with Crippen molar-refractivity contribution in [1.82, 2.24) is 10.3 Å². The van der Waals surface area contributed by atoms with E-state index in [1.807, 2.05) is 17.1 Å². The highest BCUT2D eigenvalue weighted by atomic mass is 79.9. The molecule has 3 nitrogen and oxygen atoms in total. The van der Waals surface area contributed by atoms with Crippen molar-refractivity contribution in [2.45, 2.75) is 19.8 Å². The van der Waals surface area contributed by atoms with Crippen LogP contribution in [0.2, 0.25) is 0 Å². The highest BCUT2D eigenvalue weighted by molar-refractivity contribution is 9.10. The number of rotatable bonds is 3. The maximum absolute atomic E-state index is 5.31. The van der Waals surface area contributed by atoms with Gasteiger partial charge >= 0.3 is 0 Å². The molecule has 0 bridgehead atoms. The molecule has 18 heavy (non-hydrogen) atoms. The molecular weight excluding hydrogens is 310 g/mol. The molecular formula is C13H16BrN3S. The minimum absolute atomic E-state index is 0.724. The number of hydrazone groups is 1. The Labute approximate surface area is 121 Å². The van der Waals surface area contributed by atoms with Crippen molar-refractivity contribution in [2.75, 3.05) is 13.1 Å². The zero-order chi connectivity index (χ0) is 13.0. The molecule has 1 heterocycles. The third-order valence-corrected chi connectivity index (χ3v) is 3.57. The number of hydrogen-bond acceptors (Lipinski definition) is 2. The van der Waals surface area contributed by atoms with E-state index in [9.17, 15) is 0 Å². The molecule has 0 spiro atoms. The molecule has 1 N–H and O–H groups in total. The number of halogens is 1. The lowest BCUT2D eigenvalue weighted by Gasteiger charge is -2.15. The number of benzene rings is 1. The molecule has 1 aromatic rings. The Bertz CT molecular complexity index is 473. The number of nitrogens with one attached hydrogen (secondary N) is 1. The van der Waals surface area contributed by atoms with E-state index in [4.69, 9.17) is 12.2 Å². The van der Waals surface area contributed by atoms with Gasteiger partial charge in [0.1, 0.15) is 0 Å². The minimum Gasteiger partial charge on any atom is -0.361 e. The lowest BCUT2D eigenvalue weighted by atomic mass is 10.1. The molecule has 0 saturated carbocycles. The number of hydrogen-bond donors (Lipinski definition) is 1. The van der Waals surface area contributed by atoms with Crippen molar-refractivity contribution < 1.29 is 0 Å². The van der Waals surface area contributed by atoms with Crippen LogP contribution < -0.4 is 5.32 Å². The maximum atomic E-state index is 5.31. The van der Waals surface area contributed by atoms with Gasteiger partial charge in [-0.2, -0.15) is 5.10 Å². The average molecular weight is 326 g/mol. The van der Waals surface area contributed by atoms with Crippen molar-refractivity contribution >= 4 is 39.0 Å². The van der Waals surface area contributed by atoms with Crippen molar-refractivity contribution in [1.29, 1.82) is 0 Å². The second kappa shape index (κ2) is 6.29. The summed E-state index contributed by atoms with van der Waals surface area (Å²) in [4.78, 5) is 0. The summed E-state index contributed by atoms with van der Waals surface area (Å²) in [6.45, 7) is 3.88. The summed E-state index contributed by atoms with van der Waals surface area (Å²) in [5, 5.41) is 10.4. The fourth-order valence-electron chi connectivity index (χ4n) is 1.80. The molecule has 0 atom stereocenters. The molecule has 0 saturated heterocycles. The monoisotopic (exact) mass is 325 g/mol. The molecule has 1 aliphatic rings. The van der Waals surface area contributed by atoms with Crippen LogP contribution in [0.1, 0.15) is 25.3 Å². The van der Waals surface area contributed by atoms with Gasteiger partial charge in [0, 0.05) is 24.0 Å². The van der Waals surface area contributed by atoms with E-state index >= 15 is 0 Å². The zero-order valence-electron chi connectivity index (χ0n) is 10.3. The summed E-state index contributed by atoms with van der Waals surface area (Å²) in [5.74, 6) is 0. The maximum Gasteiger partial charge on any atom is 0.189 e. The first-order chi connectivity index (χ1) is 8.70. The molecule has 2 rings (SSSR count). The van der Waals surface area contributed by atoms with Crippen LogP contribution in [0.5, 0.6) is 0 Å². The van der Waals surface area contributed by atoms with E-state index in [2.05, 4.69) is 45.4 Å². The quantitative estimate of drug-likeness (QED) is 0.865. The van der Waals surface area contributed by atoms with E-state index in [1.165, 1.54) is 0 Å². The topological polar surface area (TPSA) is 27.6 Å². The first kappa shape index (κ1) is 13.5. The summed E-state index contributed by atoms with van der Waals surface area (Å²) < 4.78 is 1.08. The standard InChI is InChI=1S/C13H16BrN3S/c1-2-7-15-13(18)17-8-6-12(16-17)10-4-3-5-11(14)9-10/h3-5,9H,2,6-8H2,1H3,(H,15,18). The van der Waals surface area contributed by atoms with Crippen molar-refractivity contribution in [3.63, 3.8) is 0 Å². The van der Waals surface area contributed by atoms with E-state index in [0.29, 0.717) is 0 Å². The molecule has 1 aliphatic heterocycles. The number of thiocarbonyl (C=S) groups is 1. The predicted molar refractivity (Wildman–Crippen MR) is 82.9 cm³/mol. The summed E-state index contributed by atoms with van der Waals surface area (Å²) in [6, 6.07) is 8.21. The highest BCUT2D eigenvalue weighted by Gasteiger charge is 2.18. The fourth-order valence-corrected chi connectivity index (χ4v) is 2.43. The molecule has 0 amide bonds. The first-order valence-corrected chi connectivity index (χ1v) is 7.29. The van der Waals surface area contributed by atoms with Gasteiger partial charge in [-0.25, -0.2) is 5.01 Å². The van der Waals surface area contributed by atoms with E-state index < -0.39 is 0 Å². The van der Waals surface area contributed by atoms with Crippen LogP contribution in [0.4, 0.5) is 0 Å². The normalized spacial score (nSPS) is 14.6. The Morgan fingerprint density at radius 3 is 3.11 bits per heavy atom. The largest absolute Gasteiger partial charge is 0.361 e. The Kier molecular flexibility index (Phi) is 4.72. The Hall–Kier alpha value is -0.940. The summed E-state index contributed by atoms with van der Waals surface area (Å²) in [5.41, 5.74) is 2.25. The third kappa shape index (κ3) is 3.29. The van der Waals surface area contributed by atoms with Gasteiger partial charge in [0.25, 0.3) is 0 Å². The third-order valence-electron chi connectivity index (χ3n) is 2.72. The summed E-state index contributed by atoms with van der Waals surface area (Å²) in [7, 11) is 0. The molecule has 0 fully saturated rings. The van der Waals surface area contributed by atoms with E-state index in [-0.39, 0.29) is 0 Å². The molecule has 0 radical (unpaired) electrons. The lowest BCUT2D eigenvalue weighted by Crippen LogP contribution is -2.35. The average Bonchev–Trinajstić information content (AvgIpc) is 2.85. The van der Waals surface area contributed by atoms with Gasteiger partial charge in [0.15, 0.2) is 5.11 Å². The Morgan fingerprint density at radius 1 is 1.56 bits per heavy atom. The van der Waals surface area contributed by atoms with E-state index in [1.54, 1.807) is 0 Å². The van der Waals surface area contributed by atoms with Gasteiger partial charge in [-0.1, -0.05) is 35.0 Å². The van der Waals surface area contributed by atoms with Gasteiger partial charge in [-0.15, -0.1) is 0 Å². The highest BCUT2D eigenvalue weighted by Crippen LogP contribution is 2.17. The van der Waals surface area contributed by atoms with Crippen molar-refractivity contribution in [3.8, 4) is 0 Å². The molecule has 1 aromatic carbocycles. The van der Waals surface area contributed by atoms with Crippen LogP contribution in [-0.2, 0) is 0 Å². The van der Waals surface area contributed by atoms with Crippen LogP contribution in [0.25, 0.3) is 0 Å². The molecule has 0 aliphatic carbocycles. The van der Waals surface area contributed by atoms with Gasteiger partial charge in [0.2, 0.25) is 0 Å². The first-order valence-electron chi connectivity index (χ1n) is 6.09. The predicted octanol–water partition coefficient (Wildman–Crippen LogP) is 3.14. The second-order valence-electron chi connectivity index (χ2n) is 4.16. The number of nitrogens with zero attached hydrogens (tertiary/aromatic N) is 2. The van der Waals surface area contributed by atoms with Crippen LogP contribution in [-0.4, -0.2) is 28.9 Å². The van der Waals surface area contributed by atoms with Crippen LogP contribution >= 0.6 is 28.1 Å². The Balaban J connectivity index is 2.06. The van der Waals surface area contributed by atoms with Crippen LogP contribution in [0, 0.1) is 0 Å². The van der Waals surface area contributed by atoms with Gasteiger partial charge in [-0.3, -0.25) is 0 Å². The van der Waals surface area contributed by atoms with Gasteiger partial charge < -0.3 is 5.32 Å². The summed E-state index contributed by atoms with van der Waals surface area (Å²) >= 11 is 8.79.